The second-order valence-electron chi connectivity index (χ2n) is 7.75. The van der Waals surface area contributed by atoms with Crippen molar-refractivity contribution in [1.29, 1.82) is 0 Å². The molecule has 0 unspecified atom stereocenters. The van der Waals surface area contributed by atoms with Gasteiger partial charge >= 0.3 is 0 Å². The fraction of sp³-hybridized carbons (Fsp3) is 0.0769. The van der Waals surface area contributed by atoms with Crippen molar-refractivity contribution in [2.24, 2.45) is 10.8 Å². The summed E-state index contributed by atoms with van der Waals surface area (Å²) in [6, 6.07) is 19.5. The number of furan rings is 1. The summed E-state index contributed by atoms with van der Waals surface area (Å²) in [5.41, 5.74) is 6.47. The third-order valence-electron chi connectivity index (χ3n) is 5.33. The van der Waals surface area contributed by atoms with E-state index < -0.39 is 5.91 Å². The molecule has 5 rings (SSSR count). The predicted molar refractivity (Wildman–Crippen MR) is 137 cm³/mol. The van der Waals surface area contributed by atoms with Gasteiger partial charge in [-0.25, -0.2) is 4.98 Å². The Morgan fingerprint density at radius 1 is 1.17 bits per heavy atom. The van der Waals surface area contributed by atoms with E-state index in [1.807, 2.05) is 30.3 Å². The number of halogens is 1. The normalized spacial score (nSPS) is 11.4. The Morgan fingerprint density at radius 3 is 2.72 bits per heavy atom. The van der Waals surface area contributed by atoms with Crippen LogP contribution in [0.2, 0.25) is 5.02 Å². The standard InChI is InChI=1S/C26H19ClN4O5/c1-34-21-11-15(10-18(27)24(21)35-14-23(28)32)13-29-31-25(22-12-16-6-2-5-9-20(16)36-22)30-19-8-4-3-7-17(19)26(31)33/h2-13H,14H2,1H3,(H2,28,32). The van der Waals surface area contributed by atoms with Crippen LogP contribution in [0.1, 0.15) is 5.56 Å². The molecule has 2 N–H and O–H groups in total. The number of nitrogens with zero attached hydrogens (tertiary/aromatic N) is 3. The largest absolute Gasteiger partial charge is 0.493 e. The molecule has 3 aromatic carbocycles. The molecule has 36 heavy (non-hydrogen) atoms. The van der Waals surface area contributed by atoms with Crippen molar-refractivity contribution >= 4 is 45.6 Å². The van der Waals surface area contributed by atoms with Crippen LogP contribution in [0.25, 0.3) is 33.5 Å². The lowest BCUT2D eigenvalue weighted by atomic mass is 10.2. The van der Waals surface area contributed by atoms with E-state index >= 15 is 0 Å². The molecule has 0 bridgehead atoms. The number of hydrogen-bond acceptors (Lipinski definition) is 7. The zero-order chi connectivity index (χ0) is 25.2. The molecule has 0 fully saturated rings. The van der Waals surface area contributed by atoms with Crippen LogP contribution >= 0.6 is 11.6 Å². The van der Waals surface area contributed by atoms with Gasteiger partial charge in [0.05, 0.1) is 29.2 Å². The molecule has 0 radical (unpaired) electrons. The molecular formula is C26H19ClN4O5. The Hall–Kier alpha value is -4.63. The van der Waals surface area contributed by atoms with Gasteiger partial charge in [-0.1, -0.05) is 41.9 Å². The molecular weight excluding hydrogens is 484 g/mol. The van der Waals surface area contributed by atoms with Crippen molar-refractivity contribution in [2.45, 2.75) is 0 Å². The number of fused-ring (bicyclic) bond motifs is 2. The summed E-state index contributed by atoms with van der Waals surface area (Å²) in [5.74, 6) is 0.419. The van der Waals surface area contributed by atoms with E-state index in [4.69, 9.17) is 31.2 Å². The molecule has 180 valence electrons. The molecule has 2 aromatic heterocycles. The number of hydrogen-bond donors (Lipinski definition) is 1. The Morgan fingerprint density at radius 2 is 1.94 bits per heavy atom. The second kappa shape index (κ2) is 9.55. The zero-order valence-electron chi connectivity index (χ0n) is 19.0. The van der Waals surface area contributed by atoms with Gasteiger partial charge in [0.25, 0.3) is 11.5 Å². The first kappa shape index (κ1) is 23.1. The van der Waals surface area contributed by atoms with Crippen molar-refractivity contribution in [3.05, 3.63) is 87.7 Å². The average Bonchev–Trinajstić information content (AvgIpc) is 3.31. The van der Waals surface area contributed by atoms with Gasteiger partial charge in [-0.3, -0.25) is 9.59 Å². The van der Waals surface area contributed by atoms with Gasteiger partial charge < -0.3 is 19.6 Å². The number of nitrogens with two attached hydrogens (primary N) is 1. The first-order chi connectivity index (χ1) is 17.4. The maximum Gasteiger partial charge on any atom is 0.282 e. The van der Waals surface area contributed by atoms with Gasteiger partial charge in [0.2, 0.25) is 5.82 Å². The molecule has 0 saturated heterocycles. The summed E-state index contributed by atoms with van der Waals surface area (Å²) in [6.45, 7) is -0.359. The number of ether oxygens (including phenoxy) is 2. The average molecular weight is 503 g/mol. The third kappa shape index (κ3) is 4.39. The number of methoxy groups -OCH3 is 1. The van der Waals surface area contributed by atoms with Gasteiger partial charge in [-0.05, 0) is 42.0 Å². The zero-order valence-corrected chi connectivity index (χ0v) is 19.7. The molecule has 0 aliphatic carbocycles. The summed E-state index contributed by atoms with van der Waals surface area (Å²) < 4.78 is 17.9. The minimum Gasteiger partial charge on any atom is -0.493 e. The quantitative estimate of drug-likeness (QED) is 0.332. The van der Waals surface area contributed by atoms with Crippen LogP contribution in [-0.4, -0.2) is 35.5 Å². The molecule has 2 heterocycles. The lowest BCUT2D eigenvalue weighted by Crippen LogP contribution is -2.20. The SMILES string of the molecule is COc1cc(C=Nn2c(-c3cc4ccccc4o3)nc3ccccc3c2=O)cc(Cl)c1OCC(N)=O. The van der Waals surface area contributed by atoms with Crippen LogP contribution in [0, 0.1) is 0 Å². The highest BCUT2D eigenvalue weighted by Crippen LogP contribution is 2.36. The van der Waals surface area contributed by atoms with Gasteiger partial charge in [0.15, 0.2) is 23.9 Å². The maximum absolute atomic E-state index is 13.4. The molecule has 9 nitrogen and oxygen atoms in total. The molecule has 0 saturated carbocycles. The molecule has 1 amide bonds. The van der Waals surface area contributed by atoms with E-state index in [1.54, 1.807) is 36.4 Å². The fourth-order valence-electron chi connectivity index (χ4n) is 3.70. The van der Waals surface area contributed by atoms with Crippen LogP contribution in [-0.2, 0) is 4.79 Å². The van der Waals surface area contributed by atoms with E-state index in [0.717, 1.165) is 5.39 Å². The molecule has 10 heteroatoms. The van der Waals surface area contributed by atoms with Gasteiger partial charge in [0, 0.05) is 5.39 Å². The van der Waals surface area contributed by atoms with Crippen molar-refractivity contribution in [2.75, 3.05) is 13.7 Å². The first-order valence-corrected chi connectivity index (χ1v) is 11.2. The number of benzene rings is 3. The Kier molecular flexibility index (Phi) is 6.14. The monoisotopic (exact) mass is 502 g/mol. The highest BCUT2D eigenvalue weighted by atomic mass is 35.5. The van der Waals surface area contributed by atoms with E-state index in [-0.39, 0.29) is 34.5 Å². The number of primary amides is 1. The molecule has 0 aliphatic heterocycles. The lowest BCUT2D eigenvalue weighted by Gasteiger charge is -2.12. The minimum atomic E-state index is -0.653. The number of aromatic nitrogens is 2. The highest BCUT2D eigenvalue weighted by molar-refractivity contribution is 6.32. The van der Waals surface area contributed by atoms with Gasteiger partial charge in [-0.2, -0.15) is 9.78 Å². The van der Waals surface area contributed by atoms with Gasteiger partial charge in [-0.15, -0.1) is 0 Å². The van der Waals surface area contributed by atoms with Crippen molar-refractivity contribution in [1.82, 2.24) is 9.66 Å². The van der Waals surface area contributed by atoms with Crippen LogP contribution in [0.4, 0.5) is 0 Å². The van der Waals surface area contributed by atoms with E-state index in [9.17, 15) is 9.59 Å². The van der Waals surface area contributed by atoms with Crippen molar-refractivity contribution in [3.63, 3.8) is 0 Å². The Bertz CT molecular complexity index is 1670. The molecule has 5 aromatic rings. The molecule has 0 aliphatic rings. The van der Waals surface area contributed by atoms with E-state index in [2.05, 4.69) is 10.1 Å². The number of amides is 1. The fourth-order valence-corrected chi connectivity index (χ4v) is 3.98. The lowest BCUT2D eigenvalue weighted by molar-refractivity contribution is -0.119. The van der Waals surface area contributed by atoms with Crippen LogP contribution in [0.5, 0.6) is 11.5 Å². The number of para-hydroxylation sites is 2. The first-order valence-electron chi connectivity index (χ1n) is 10.8. The highest BCUT2D eigenvalue weighted by Gasteiger charge is 2.17. The summed E-state index contributed by atoms with van der Waals surface area (Å²) in [7, 11) is 1.43. The van der Waals surface area contributed by atoms with E-state index in [1.165, 1.54) is 18.0 Å². The number of rotatable bonds is 7. The molecule has 0 spiro atoms. The Labute approximate surface area is 209 Å². The maximum atomic E-state index is 13.4. The van der Waals surface area contributed by atoms with Crippen molar-refractivity contribution in [3.8, 4) is 23.1 Å². The topological polar surface area (TPSA) is 122 Å². The second-order valence-corrected chi connectivity index (χ2v) is 8.16. The predicted octanol–water partition coefficient (Wildman–Crippen LogP) is 4.22. The smallest absolute Gasteiger partial charge is 0.282 e. The van der Waals surface area contributed by atoms with Crippen LogP contribution in [0.3, 0.4) is 0 Å². The number of carbonyl (C=O) groups is 1. The summed E-state index contributed by atoms with van der Waals surface area (Å²) >= 11 is 6.35. The summed E-state index contributed by atoms with van der Waals surface area (Å²) in [4.78, 5) is 29.2. The minimum absolute atomic E-state index is 0.169. The Balaban J connectivity index is 1.63. The van der Waals surface area contributed by atoms with E-state index in [0.29, 0.717) is 27.8 Å². The van der Waals surface area contributed by atoms with Crippen molar-refractivity contribution < 1.29 is 18.7 Å². The van der Waals surface area contributed by atoms with Gasteiger partial charge in [0.1, 0.15) is 5.58 Å². The number of carbonyl (C=O) groups excluding carboxylic acids is 1. The van der Waals surface area contributed by atoms with Crippen LogP contribution < -0.4 is 20.8 Å². The van der Waals surface area contributed by atoms with Crippen LogP contribution in [0.15, 0.2) is 81.0 Å². The summed E-state index contributed by atoms with van der Waals surface area (Å²) in [6.07, 6.45) is 1.44. The third-order valence-corrected chi connectivity index (χ3v) is 5.61. The summed E-state index contributed by atoms with van der Waals surface area (Å²) in [5, 5.41) is 5.87. The molecule has 0 atom stereocenters.